The zero-order valence-corrected chi connectivity index (χ0v) is 11.9. The molecule has 0 N–H and O–H groups in total. The quantitative estimate of drug-likeness (QED) is 0.402. The largest absolute Gasteiger partial charge is 0.253 e. The summed E-state index contributed by atoms with van der Waals surface area (Å²) in [5, 5.41) is 0. The Labute approximate surface area is 97.0 Å². The van der Waals surface area contributed by atoms with Crippen molar-refractivity contribution >= 4 is 34.9 Å². The Balaban J connectivity index is 3.59. The van der Waals surface area contributed by atoms with Gasteiger partial charge in [0, 0.05) is 6.21 Å². The Morgan fingerprint density at radius 3 is 2.64 bits per heavy atom. The van der Waals surface area contributed by atoms with E-state index < -0.39 is 0 Å². The molecule has 2 unspecified atom stereocenters. The molecule has 0 aromatic heterocycles. The van der Waals surface area contributed by atoms with Crippen LogP contribution in [0.5, 0.6) is 0 Å². The van der Waals surface area contributed by atoms with Crippen LogP contribution in [-0.2, 0) is 0 Å². The highest BCUT2D eigenvalue weighted by Crippen LogP contribution is 2.26. The molecule has 0 radical (unpaired) electrons. The molecule has 0 amide bonds. The van der Waals surface area contributed by atoms with Gasteiger partial charge in [-0.1, -0.05) is 27.5 Å². The number of hydrogen-bond donors (Lipinski definition) is 1. The molecule has 0 aliphatic carbocycles. The standard InChI is InChI=1S/C10H24BNS2/c1-6-7-12-14(5)9-10(2)8-13-11(3)4/h7,10,14H,6,8-9H2,1-5H3. The van der Waals surface area contributed by atoms with E-state index in [1.54, 1.807) is 0 Å². The molecule has 0 aromatic carbocycles. The average molecular weight is 233 g/mol. The van der Waals surface area contributed by atoms with E-state index in [0.29, 0.717) is 0 Å². The lowest BCUT2D eigenvalue weighted by Gasteiger charge is -2.17. The molecule has 0 saturated heterocycles. The summed E-state index contributed by atoms with van der Waals surface area (Å²) in [7, 11) is 0. The predicted octanol–water partition coefficient (Wildman–Crippen LogP) is 3.63. The summed E-state index contributed by atoms with van der Waals surface area (Å²) >= 11 is 1.96. The fraction of sp³-hybridized carbons (Fsp3) is 0.900. The van der Waals surface area contributed by atoms with Crippen molar-refractivity contribution < 1.29 is 0 Å². The van der Waals surface area contributed by atoms with Gasteiger partial charge in [-0.3, -0.25) is 4.40 Å². The van der Waals surface area contributed by atoms with Gasteiger partial charge in [-0.15, -0.1) is 0 Å². The molecule has 0 fully saturated rings. The van der Waals surface area contributed by atoms with E-state index in [2.05, 4.69) is 56.0 Å². The summed E-state index contributed by atoms with van der Waals surface area (Å²) in [6.07, 6.45) is 5.41. The molecule has 14 heavy (non-hydrogen) atoms. The highest BCUT2D eigenvalue weighted by molar-refractivity contribution is 8.25. The van der Waals surface area contributed by atoms with Gasteiger partial charge in [-0.05, 0) is 30.1 Å². The van der Waals surface area contributed by atoms with Crippen LogP contribution < -0.4 is 0 Å². The van der Waals surface area contributed by atoms with Crippen molar-refractivity contribution in [2.75, 3.05) is 17.8 Å². The number of nitrogens with zero attached hydrogens (tertiary/aromatic N) is 1. The second-order valence-electron chi connectivity index (χ2n) is 4.03. The first-order chi connectivity index (χ1) is 6.56. The molecule has 0 aliphatic heterocycles. The van der Waals surface area contributed by atoms with Gasteiger partial charge >= 0.3 is 0 Å². The molecule has 0 rings (SSSR count). The maximum absolute atomic E-state index is 4.54. The van der Waals surface area contributed by atoms with Gasteiger partial charge in [0.2, 0.25) is 5.99 Å². The normalized spacial score (nSPS) is 17.1. The Bertz CT molecular complexity index is 162. The molecule has 2 atom stereocenters. The molecule has 0 saturated carbocycles. The summed E-state index contributed by atoms with van der Waals surface area (Å²) in [6, 6.07) is 0. The highest BCUT2D eigenvalue weighted by Gasteiger charge is 2.07. The van der Waals surface area contributed by atoms with Gasteiger partial charge in [-0.2, -0.15) is 11.1 Å². The van der Waals surface area contributed by atoms with Crippen LogP contribution >= 0.6 is 22.7 Å². The molecule has 0 aliphatic rings. The first-order valence-electron chi connectivity index (χ1n) is 5.41. The minimum atomic E-state index is -0.101. The lowest BCUT2D eigenvalue weighted by Crippen LogP contribution is -2.07. The van der Waals surface area contributed by atoms with Crippen molar-refractivity contribution in [2.45, 2.75) is 33.9 Å². The lowest BCUT2D eigenvalue weighted by atomic mass is 9.84. The first kappa shape index (κ1) is 14.4. The van der Waals surface area contributed by atoms with E-state index in [1.165, 1.54) is 11.5 Å². The van der Waals surface area contributed by atoms with Crippen molar-refractivity contribution in [3.05, 3.63) is 0 Å². The van der Waals surface area contributed by atoms with Crippen molar-refractivity contribution in [1.82, 2.24) is 0 Å². The molecule has 1 nitrogen and oxygen atoms in total. The van der Waals surface area contributed by atoms with Crippen LogP contribution in [0.1, 0.15) is 20.3 Å². The summed E-state index contributed by atoms with van der Waals surface area (Å²) in [5.74, 6) is 4.14. The minimum absolute atomic E-state index is 0.101. The molecule has 0 bridgehead atoms. The fourth-order valence-electron chi connectivity index (χ4n) is 1.13. The third-order valence-corrected chi connectivity index (χ3v) is 4.89. The Morgan fingerprint density at radius 2 is 2.14 bits per heavy atom. The van der Waals surface area contributed by atoms with Crippen molar-refractivity contribution in [3.8, 4) is 0 Å². The van der Waals surface area contributed by atoms with Crippen LogP contribution in [0, 0.1) is 5.92 Å². The number of thiol groups is 1. The summed E-state index contributed by atoms with van der Waals surface area (Å²) in [4.78, 5) is 0. The first-order valence-corrected chi connectivity index (χ1v) is 8.39. The number of hydrogen-bond acceptors (Lipinski definition) is 2. The van der Waals surface area contributed by atoms with Gasteiger partial charge in [0.1, 0.15) is 0 Å². The van der Waals surface area contributed by atoms with Gasteiger partial charge < -0.3 is 0 Å². The highest BCUT2D eigenvalue weighted by atomic mass is 32.2. The second-order valence-corrected chi connectivity index (χ2v) is 7.55. The van der Waals surface area contributed by atoms with Crippen molar-refractivity contribution in [1.29, 1.82) is 0 Å². The van der Waals surface area contributed by atoms with Crippen LogP contribution in [0.25, 0.3) is 0 Å². The van der Waals surface area contributed by atoms with Crippen LogP contribution in [0.2, 0.25) is 13.6 Å². The van der Waals surface area contributed by atoms with Crippen LogP contribution in [0.15, 0.2) is 4.40 Å². The van der Waals surface area contributed by atoms with E-state index >= 15 is 0 Å². The van der Waals surface area contributed by atoms with E-state index in [4.69, 9.17) is 0 Å². The van der Waals surface area contributed by atoms with Gasteiger partial charge in [0.15, 0.2) is 0 Å². The zero-order chi connectivity index (χ0) is 11.0. The third-order valence-electron chi connectivity index (χ3n) is 1.75. The van der Waals surface area contributed by atoms with Crippen molar-refractivity contribution in [3.63, 3.8) is 0 Å². The molecular weight excluding hydrogens is 209 g/mol. The van der Waals surface area contributed by atoms with Gasteiger partial charge in [-0.25, -0.2) is 11.6 Å². The van der Waals surface area contributed by atoms with Crippen molar-refractivity contribution in [2.24, 2.45) is 10.3 Å². The van der Waals surface area contributed by atoms with E-state index in [9.17, 15) is 0 Å². The molecule has 0 aromatic rings. The second kappa shape index (κ2) is 8.72. The minimum Gasteiger partial charge on any atom is -0.253 e. The lowest BCUT2D eigenvalue weighted by molar-refractivity contribution is 0.764. The maximum atomic E-state index is 4.54. The van der Waals surface area contributed by atoms with E-state index in [-0.39, 0.29) is 11.1 Å². The van der Waals surface area contributed by atoms with Crippen LogP contribution in [0.3, 0.4) is 0 Å². The third kappa shape index (κ3) is 9.01. The Hall–Kier alpha value is 0.435. The Morgan fingerprint density at radius 1 is 1.50 bits per heavy atom. The topological polar surface area (TPSA) is 12.4 Å². The average Bonchev–Trinajstić information content (AvgIpc) is 2.11. The summed E-state index contributed by atoms with van der Waals surface area (Å²) < 4.78 is 4.54. The summed E-state index contributed by atoms with van der Waals surface area (Å²) in [5.41, 5.74) is 0. The molecule has 0 spiro atoms. The summed E-state index contributed by atoms with van der Waals surface area (Å²) in [6.45, 7) is 9.02. The zero-order valence-electron chi connectivity index (χ0n) is 10.2. The molecular formula is C10H24BNS2. The SMILES string of the molecule is CCC=N[SH](C)CC(C)CSB(C)C. The van der Waals surface area contributed by atoms with Crippen LogP contribution in [-0.4, -0.2) is 30.0 Å². The maximum Gasteiger partial charge on any atom is 0.203 e. The molecule has 0 heterocycles. The number of rotatable bonds is 7. The predicted molar refractivity (Wildman–Crippen MR) is 77.7 cm³/mol. The molecule has 4 heteroatoms. The van der Waals surface area contributed by atoms with E-state index in [1.807, 2.05) is 0 Å². The van der Waals surface area contributed by atoms with Gasteiger partial charge in [0.25, 0.3) is 0 Å². The smallest absolute Gasteiger partial charge is 0.203 e. The molecule has 84 valence electrons. The van der Waals surface area contributed by atoms with Gasteiger partial charge in [0.05, 0.1) is 0 Å². The fourth-order valence-corrected chi connectivity index (χ4v) is 3.70. The monoisotopic (exact) mass is 233 g/mol. The van der Waals surface area contributed by atoms with Crippen LogP contribution in [0.4, 0.5) is 0 Å². The Kier molecular flexibility index (Phi) is 8.99. The van der Waals surface area contributed by atoms with E-state index in [0.717, 1.165) is 18.3 Å².